The van der Waals surface area contributed by atoms with Crippen LogP contribution in [-0.2, 0) is 4.74 Å². The molecule has 176 valence electrons. The second-order valence-corrected chi connectivity index (χ2v) is 9.49. The highest BCUT2D eigenvalue weighted by Gasteiger charge is 2.24. The number of nitrogens with zero attached hydrogens (tertiary/aromatic N) is 3. The lowest BCUT2D eigenvalue weighted by molar-refractivity contribution is 0.0391. The van der Waals surface area contributed by atoms with Gasteiger partial charge < -0.3 is 9.47 Å². The maximum atomic E-state index is 13.7. The van der Waals surface area contributed by atoms with Crippen LogP contribution in [-0.4, -0.2) is 61.8 Å². The molecule has 0 radical (unpaired) electrons. The lowest BCUT2D eigenvalue weighted by Gasteiger charge is -2.29. The van der Waals surface area contributed by atoms with E-state index in [1.54, 1.807) is 11.3 Å². The average molecular weight is 468 g/mol. The van der Waals surface area contributed by atoms with Crippen molar-refractivity contribution in [3.05, 3.63) is 53.1 Å². The summed E-state index contributed by atoms with van der Waals surface area (Å²) in [4.78, 5) is 22.8. The lowest BCUT2D eigenvalue weighted by atomic mass is 10.1. The molecule has 0 spiro atoms. The first-order valence-corrected chi connectivity index (χ1v) is 12.6. The number of benzene rings is 2. The van der Waals surface area contributed by atoms with Crippen LogP contribution in [0.5, 0.6) is 5.75 Å². The molecular weight excluding hydrogens is 434 g/mol. The minimum atomic E-state index is -0.0430. The van der Waals surface area contributed by atoms with Crippen LogP contribution in [0.1, 0.15) is 41.3 Å². The molecule has 4 rings (SSSR count). The molecule has 0 saturated carbocycles. The summed E-state index contributed by atoms with van der Waals surface area (Å²) in [7, 11) is 0. The van der Waals surface area contributed by atoms with Crippen molar-refractivity contribution in [3.8, 4) is 5.75 Å². The molecule has 2 heterocycles. The monoisotopic (exact) mass is 467 g/mol. The zero-order chi connectivity index (χ0) is 23.2. The first-order chi connectivity index (χ1) is 16.1. The lowest BCUT2D eigenvalue weighted by Crippen LogP contribution is -2.43. The number of hydrogen-bond donors (Lipinski definition) is 0. The molecule has 6 nitrogen and oxygen atoms in total. The third kappa shape index (κ3) is 5.72. The Bertz CT molecular complexity index is 1050. The number of aryl methyl sites for hydroxylation is 2. The summed E-state index contributed by atoms with van der Waals surface area (Å²) >= 11 is 1.60. The van der Waals surface area contributed by atoms with Crippen LogP contribution in [0, 0.1) is 13.8 Å². The van der Waals surface area contributed by atoms with Crippen molar-refractivity contribution in [2.45, 2.75) is 33.6 Å². The molecule has 1 fully saturated rings. The Morgan fingerprint density at radius 3 is 2.73 bits per heavy atom. The van der Waals surface area contributed by atoms with Crippen LogP contribution in [0.4, 0.5) is 5.13 Å². The van der Waals surface area contributed by atoms with E-state index in [4.69, 9.17) is 14.5 Å². The Morgan fingerprint density at radius 1 is 1.18 bits per heavy atom. The standard InChI is InChI=1S/C26H33N3O3S/c1-4-5-15-32-22-8-6-7-21(18-22)25(30)29(12-11-28-13-16-31-17-14-28)26-27-23-19(2)9-10-20(3)24(23)33-26/h6-10,18H,4-5,11-17H2,1-3H3. The predicted octanol–water partition coefficient (Wildman–Crippen LogP) is 5.07. The smallest absolute Gasteiger partial charge is 0.260 e. The minimum absolute atomic E-state index is 0.0430. The van der Waals surface area contributed by atoms with Gasteiger partial charge in [0.2, 0.25) is 0 Å². The first-order valence-electron chi connectivity index (χ1n) is 11.8. The fourth-order valence-corrected chi connectivity index (χ4v) is 5.06. The number of ether oxygens (including phenoxy) is 2. The van der Waals surface area contributed by atoms with E-state index in [1.807, 2.05) is 29.2 Å². The Balaban J connectivity index is 1.62. The van der Waals surface area contributed by atoms with Gasteiger partial charge in [-0.1, -0.05) is 42.9 Å². The molecule has 1 aliphatic rings. The van der Waals surface area contributed by atoms with Crippen molar-refractivity contribution < 1.29 is 14.3 Å². The van der Waals surface area contributed by atoms with E-state index >= 15 is 0 Å². The molecule has 2 aromatic carbocycles. The molecule has 7 heteroatoms. The van der Waals surface area contributed by atoms with E-state index in [0.29, 0.717) is 18.7 Å². The molecule has 0 atom stereocenters. The predicted molar refractivity (Wildman–Crippen MR) is 135 cm³/mol. The van der Waals surface area contributed by atoms with Gasteiger partial charge in [-0.25, -0.2) is 4.98 Å². The van der Waals surface area contributed by atoms with Gasteiger partial charge >= 0.3 is 0 Å². The summed E-state index contributed by atoms with van der Waals surface area (Å²) in [6, 6.07) is 11.7. The van der Waals surface area contributed by atoms with Crippen LogP contribution in [0.3, 0.4) is 0 Å². The van der Waals surface area contributed by atoms with Crippen LogP contribution in [0.15, 0.2) is 36.4 Å². The van der Waals surface area contributed by atoms with E-state index in [-0.39, 0.29) is 5.91 Å². The zero-order valence-corrected chi connectivity index (χ0v) is 20.6. The van der Waals surface area contributed by atoms with Crippen LogP contribution < -0.4 is 9.64 Å². The van der Waals surface area contributed by atoms with Crippen LogP contribution in [0.2, 0.25) is 0 Å². The summed E-state index contributed by atoms with van der Waals surface area (Å²) in [5.41, 5.74) is 3.92. The number of carbonyl (C=O) groups excluding carboxylic acids is 1. The third-order valence-corrected chi connectivity index (χ3v) is 7.21. The summed E-state index contributed by atoms with van der Waals surface area (Å²) in [5, 5.41) is 0.748. The Labute approximate surface area is 200 Å². The molecule has 3 aromatic rings. The highest BCUT2D eigenvalue weighted by atomic mass is 32.1. The molecule has 0 unspecified atom stereocenters. The number of amides is 1. The van der Waals surface area contributed by atoms with Crippen molar-refractivity contribution in [2.24, 2.45) is 0 Å². The number of carbonyl (C=O) groups is 1. The van der Waals surface area contributed by atoms with Crippen LogP contribution in [0.25, 0.3) is 10.2 Å². The average Bonchev–Trinajstić information content (AvgIpc) is 3.29. The maximum absolute atomic E-state index is 13.7. The molecule has 1 saturated heterocycles. The summed E-state index contributed by atoms with van der Waals surface area (Å²) in [6.07, 6.45) is 2.07. The van der Waals surface area contributed by atoms with E-state index in [9.17, 15) is 4.79 Å². The maximum Gasteiger partial charge on any atom is 0.260 e. The Hall–Kier alpha value is -2.48. The molecule has 1 amide bonds. The Kier molecular flexibility index (Phi) is 7.96. The van der Waals surface area contributed by atoms with Gasteiger partial charge in [-0.15, -0.1) is 0 Å². The topological polar surface area (TPSA) is 54.9 Å². The number of morpholine rings is 1. The highest BCUT2D eigenvalue weighted by Crippen LogP contribution is 2.34. The minimum Gasteiger partial charge on any atom is -0.494 e. The number of anilines is 1. The fraction of sp³-hybridized carbons (Fsp3) is 0.462. The summed E-state index contributed by atoms with van der Waals surface area (Å²) in [5.74, 6) is 0.692. The number of thiazole rings is 1. The van der Waals surface area contributed by atoms with Crippen molar-refractivity contribution in [2.75, 3.05) is 50.9 Å². The van der Waals surface area contributed by atoms with Gasteiger partial charge in [0.15, 0.2) is 5.13 Å². The van der Waals surface area contributed by atoms with Gasteiger partial charge in [-0.05, 0) is 49.6 Å². The van der Waals surface area contributed by atoms with Crippen molar-refractivity contribution in [1.29, 1.82) is 0 Å². The van der Waals surface area contributed by atoms with E-state index in [0.717, 1.165) is 72.4 Å². The van der Waals surface area contributed by atoms with Gasteiger partial charge in [0.25, 0.3) is 5.91 Å². The molecular formula is C26H33N3O3S. The van der Waals surface area contributed by atoms with E-state index in [1.165, 1.54) is 5.56 Å². The molecule has 1 aromatic heterocycles. The number of unbranched alkanes of at least 4 members (excludes halogenated alkanes) is 1. The zero-order valence-electron chi connectivity index (χ0n) is 19.8. The number of fused-ring (bicyclic) bond motifs is 1. The molecule has 0 aliphatic carbocycles. The van der Waals surface area contributed by atoms with Gasteiger partial charge in [0.1, 0.15) is 5.75 Å². The Morgan fingerprint density at radius 2 is 1.97 bits per heavy atom. The van der Waals surface area contributed by atoms with E-state index in [2.05, 4.69) is 37.8 Å². The molecule has 0 bridgehead atoms. The molecule has 33 heavy (non-hydrogen) atoms. The van der Waals surface area contributed by atoms with Gasteiger partial charge in [0, 0.05) is 31.7 Å². The fourth-order valence-electron chi connectivity index (χ4n) is 3.92. The molecule has 0 N–H and O–H groups in total. The summed E-state index contributed by atoms with van der Waals surface area (Å²) < 4.78 is 12.5. The molecule has 1 aliphatic heterocycles. The second-order valence-electron chi connectivity index (χ2n) is 8.51. The number of hydrogen-bond acceptors (Lipinski definition) is 6. The van der Waals surface area contributed by atoms with Crippen molar-refractivity contribution in [1.82, 2.24) is 9.88 Å². The third-order valence-electron chi connectivity index (χ3n) is 6.00. The van der Waals surface area contributed by atoms with E-state index < -0.39 is 0 Å². The SMILES string of the molecule is CCCCOc1cccc(C(=O)N(CCN2CCOCC2)c2nc3c(C)ccc(C)c3s2)c1. The first kappa shape index (κ1) is 23.7. The van der Waals surface area contributed by atoms with Gasteiger partial charge in [0.05, 0.1) is 30.0 Å². The number of rotatable bonds is 9. The normalized spacial score (nSPS) is 14.5. The van der Waals surface area contributed by atoms with Crippen LogP contribution >= 0.6 is 11.3 Å². The highest BCUT2D eigenvalue weighted by molar-refractivity contribution is 7.22. The van der Waals surface area contributed by atoms with Gasteiger partial charge in [-0.3, -0.25) is 14.6 Å². The quantitative estimate of drug-likeness (QED) is 0.411. The number of aromatic nitrogens is 1. The second kappa shape index (κ2) is 11.1. The largest absolute Gasteiger partial charge is 0.494 e. The van der Waals surface area contributed by atoms with Gasteiger partial charge in [-0.2, -0.15) is 0 Å². The van der Waals surface area contributed by atoms with Crippen molar-refractivity contribution in [3.63, 3.8) is 0 Å². The summed E-state index contributed by atoms with van der Waals surface area (Å²) in [6.45, 7) is 11.6. The van der Waals surface area contributed by atoms with Crippen molar-refractivity contribution >= 4 is 32.6 Å².